The molecule has 10 heteroatoms. The van der Waals surface area contributed by atoms with Gasteiger partial charge >= 0.3 is 17.7 Å². The number of fused-ring (bicyclic) bond motifs is 1. The summed E-state index contributed by atoms with van der Waals surface area (Å²) in [6.07, 6.45) is 1.39. The smallest absolute Gasteiger partial charge is 0.423 e. The van der Waals surface area contributed by atoms with Crippen LogP contribution in [0.1, 0.15) is 25.5 Å². The summed E-state index contributed by atoms with van der Waals surface area (Å²) < 4.78 is 19.0. The van der Waals surface area contributed by atoms with Crippen LogP contribution in [-0.4, -0.2) is 62.5 Å². The Morgan fingerprint density at radius 1 is 1.30 bits per heavy atom. The molecule has 0 aliphatic carbocycles. The van der Waals surface area contributed by atoms with Gasteiger partial charge in [-0.3, -0.25) is 9.78 Å². The molecule has 2 aromatic rings. The molecule has 1 aromatic carbocycles. The summed E-state index contributed by atoms with van der Waals surface area (Å²) in [5.41, 5.74) is -0.358. The van der Waals surface area contributed by atoms with Crippen LogP contribution in [0.3, 0.4) is 0 Å². The molecule has 1 amide bonds. The Bertz CT molecular complexity index is 1150. The molecule has 4 heterocycles. The first-order chi connectivity index (χ1) is 14.4. The van der Waals surface area contributed by atoms with Crippen molar-refractivity contribution < 1.29 is 33.4 Å². The van der Waals surface area contributed by atoms with E-state index in [-0.39, 0.29) is 12.8 Å². The van der Waals surface area contributed by atoms with Crippen LogP contribution in [0.5, 0.6) is 0 Å². The third-order valence-electron chi connectivity index (χ3n) is 5.90. The van der Waals surface area contributed by atoms with E-state index in [2.05, 4.69) is 15.3 Å². The molecule has 0 bridgehead atoms. The number of hydrogen-bond donors (Lipinski definition) is 1. The normalized spacial score (nSPS) is 33.0. The van der Waals surface area contributed by atoms with Gasteiger partial charge in [0.1, 0.15) is 12.1 Å². The molecule has 30 heavy (non-hydrogen) atoms. The van der Waals surface area contributed by atoms with Gasteiger partial charge in [-0.15, -0.1) is 0 Å². The van der Waals surface area contributed by atoms with Gasteiger partial charge < -0.3 is 14.7 Å². The van der Waals surface area contributed by atoms with Gasteiger partial charge in [-0.1, -0.05) is 29.4 Å². The van der Waals surface area contributed by atoms with Gasteiger partial charge in [0, 0.05) is 11.6 Å². The minimum absolute atomic E-state index is 0.101. The topological polar surface area (TPSA) is 113 Å². The Morgan fingerprint density at radius 2 is 2.10 bits per heavy atom. The molecule has 154 valence electrons. The van der Waals surface area contributed by atoms with Crippen molar-refractivity contribution in [2.45, 2.75) is 43.2 Å². The van der Waals surface area contributed by atoms with Gasteiger partial charge in [-0.25, -0.2) is 9.18 Å². The standard InChI is InChI=1S/C20H18FN4O5/c1-11-19(18(27)25(23-11)15-8-16(26)29-20(15,28)10-21)9-14(24-30-19)17-13-5-3-2-4-12(13)6-7-22-17/h2-7,11,15,28H,8-10H2,1H3/q+1. The van der Waals surface area contributed by atoms with Crippen molar-refractivity contribution in [3.05, 3.63) is 42.2 Å². The maximum Gasteiger partial charge on any atom is 0.461 e. The summed E-state index contributed by atoms with van der Waals surface area (Å²) in [6.45, 7) is 0.311. The Labute approximate surface area is 169 Å². The second-order valence-corrected chi connectivity index (χ2v) is 7.69. The van der Waals surface area contributed by atoms with Crippen LogP contribution in [0.4, 0.5) is 4.39 Å². The molecule has 3 aliphatic rings. The molecule has 1 aromatic heterocycles. The van der Waals surface area contributed by atoms with E-state index < -0.39 is 42.0 Å². The third kappa shape index (κ3) is 2.49. The summed E-state index contributed by atoms with van der Waals surface area (Å²) in [5, 5.41) is 20.6. The molecule has 1 saturated heterocycles. The molecule has 9 nitrogen and oxygen atoms in total. The summed E-state index contributed by atoms with van der Waals surface area (Å²) in [7, 11) is 0. The molecule has 0 radical (unpaired) electrons. The number of halogens is 1. The van der Waals surface area contributed by atoms with Crippen LogP contribution >= 0.6 is 0 Å². The quantitative estimate of drug-likeness (QED) is 0.602. The predicted octanol–water partition coefficient (Wildman–Crippen LogP) is 1.46. The maximum absolute atomic E-state index is 13.4. The Hall–Kier alpha value is -3.27. The van der Waals surface area contributed by atoms with Crippen molar-refractivity contribution >= 4 is 28.4 Å². The van der Waals surface area contributed by atoms with Crippen LogP contribution in [0.2, 0.25) is 0 Å². The van der Waals surface area contributed by atoms with Gasteiger partial charge in [0.05, 0.1) is 12.1 Å². The van der Waals surface area contributed by atoms with Crippen LogP contribution in [0.15, 0.2) is 46.8 Å². The van der Waals surface area contributed by atoms with Gasteiger partial charge in [-0.05, 0) is 28.2 Å². The van der Waals surface area contributed by atoms with Crippen molar-refractivity contribution in [2.24, 2.45) is 10.3 Å². The van der Waals surface area contributed by atoms with Gasteiger partial charge in [0.25, 0.3) is 11.6 Å². The Kier molecular flexibility index (Phi) is 3.97. The van der Waals surface area contributed by atoms with E-state index in [1.807, 2.05) is 30.3 Å². The number of rotatable bonds is 3. The maximum atomic E-state index is 13.4. The second kappa shape index (κ2) is 6.36. The van der Waals surface area contributed by atoms with E-state index in [0.29, 0.717) is 11.4 Å². The SMILES string of the molecule is CC1N=[N+](C2CC(=O)OC2(O)CF)C(=O)C12CC(c1nccc3ccccc13)=NO2. The van der Waals surface area contributed by atoms with E-state index in [1.54, 1.807) is 13.1 Å². The number of amides is 1. The van der Waals surface area contributed by atoms with Crippen LogP contribution < -0.4 is 0 Å². The van der Waals surface area contributed by atoms with E-state index in [9.17, 15) is 19.1 Å². The fourth-order valence-electron chi connectivity index (χ4n) is 4.21. The number of pyridine rings is 1. The number of carbonyl (C=O) groups is 2. The summed E-state index contributed by atoms with van der Waals surface area (Å²) in [6, 6.07) is 7.58. The first-order valence-corrected chi connectivity index (χ1v) is 9.52. The molecule has 5 rings (SSSR count). The molecule has 1 spiro atoms. The minimum Gasteiger partial charge on any atom is -0.423 e. The largest absolute Gasteiger partial charge is 0.461 e. The number of alkyl halides is 1. The number of cyclic esters (lactones) is 1. The zero-order chi connectivity index (χ0) is 21.1. The monoisotopic (exact) mass is 413 g/mol. The summed E-state index contributed by atoms with van der Waals surface area (Å²) in [4.78, 5) is 35.0. The number of ether oxygens (including phenoxy) is 1. The molecule has 3 aliphatic heterocycles. The highest BCUT2D eigenvalue weighted by molar-refractivity contribution is 6.11. The van der Waals surface area contributed by atoms with Crippen LogP contribution in [0.25, 0.3) is 10.8 Å². The van der Waals surface area contributed by atoms with Crippen molar-refractivity contribution in [2.75, 3.05) is 6.67 Å². The fraction of sp³-hybridized carbons (Fsp3) is 0.400. The van der Waals surface area contributed by atoms with Gasteiger partial charge in [0.15, 0.2) is 12.7 Å². The number of nitrogens with zero attached hydrogens (tertiary/aromatic N) is 4. The highest BCUT2D eigenvalue weighted by Gasteiger charge is 2.69. The average molecular weight is 413 g/mol. The molecule has 4 atom stereocenters. The number of benzene rings is 1. The lowest BCUT2D eigenvalue weighted by Crippen LogP contribution is -2.53. The molecular weight excluding hydrogens is 395 g/mol. The number of oxime groups is 1. The van der Waals surface area contributed by atoms with Crippen molar-refractivity contribution in [3.63, 3.8) is 0 Å². The molecule has 1 N–H and O–H groups in total. The van der Waals surface area contributed by atoms with Gasteiger partial charge in [-0.2, -0.15) is 0 Å². The minimum atomic E-state index is -2.43. The summed E-state index contributed by atoms with van der Waals surface area (Å²) in [5.74, 6) is -3.84. The zero-order valence-corrected chi connectivity index (χ0v) is 16.0. The first kappa shape index (κ1) is 18.7. The number of carbonyl (C=O) groups excluding carboxylic acids is 2. The first-order valence-electron chi connectivity index (χ1n) is 9.52. The van der Waals surface area contributed by atoms with E-state index in [1.165, 1.54) is 0 Å². The number of azo groups is 2. The summed E-state index contributed by atoms with van der Waals surface area (Å²) >= 11 is 0. The molecule has 1 fully saturated rings. The lowest BCUT2D eigenvalue weighted by molar-refractivity contribution is -0.572. The van der Waals surface area contributed by atoms with Crippen molar-refractivity contribution in [1.29, 1.82) is 0 Å². The van der Waals surface area contributed by atoms with Crippen molar-refractivity contribution in [1.82, 2.24) is 4.98 Å². The van der Waals surface area contributed by atoms with Crippen LogP contribution in [-0.2, 0) is 19.2 Å². The van der Waals surface area contributed by atoms with E-state index in [0.717, 1.165) is 15.5 Å². The van der Waals surface area contributed by atoms with E-state index >= 15 is 0 Å². The Balaban J connectivity index is 1.47. The average Bonchev–Trinajstić information content (AvgIpc) is 3.39. The highest BCUT2D eigenvalue weighted by Crippen LogP contribution is 2.40. The number of aliphatic hydroxyl groups is 1. The predicted molar refractivity (Wildman–Crippen MR) is 99.3 cm³/mol. The molecule has 4 unspecified atom stereocenters. The lowest BCUT2D eigenvalue weighted by atomic mass is 9.88. The zero-order valence-electron chi connectivity index (χ0n) is 16.0. The van der Waals surface area contributed by atoms with Crippen LogP contribution in [0, 0.1) is 0 Å². The fourth-order valence-corrected chi connectivity index (χ4v) is 4.21. The van der Waals surface area contributed by atoms with Crippen molar-refractivity contribution in [3.8, 4) is 0 Å². The lowest BCUT2D eigenvalue weighted by Gasteiger charge is -2.20. The second-order valence-electron chi connectivity index (χ2n) is 7.69. The number of hydrogen-bond acceptors (Lipinski definition) is 8. The van der Waals surface area contributed by atoms with E-state index in [4.69, 9.17) is 9.57 Å². The Morgan fingerprint density at radius 3 is 2.90 bits per heavy atom. The van der Waals surface area contributed by atoms with Gasteiger partial charge in [0.2, 0.25) is 0 Å². The highest BCUT2D eigenvalue weighted by atomic mass is 19.1. The molecule has 0 saturated carbocycles. The molecular formula is C20H18FN4O5+. The number of aromatic nitrogens is 1. The third-order valence-corrected chi connectivity index (χ3v) is 5.90. The number of esters is 1.